The first-order valence-corrected chi connectivity index (χ1v) is 12.9. The topological polar surface area (TPSA) is 58.6 Å². The van der Waals surface area contributed by atoms with Crippen molar-refractivity contribution < 1.29 is 13.2 Å². The summed E-state index contributed by atoms with van der Waals surface area (Å²) in [6.07, 6.45) is 6.67. The lowest BCUT2D eigenvalue weighted by Gasteiger charge is -2.33. The number of sulfonamides is 1. The number of ether oxygens (including phenoxy) is 1. The molecule has 4 rings (SSSR count). The maximum Gasteiger partial charge on any atom is 0.244 e. The fraction of sp³-hybridized carbons (Fsp3) is 0.520. The van der Waals surface area contributed by atoms with Crippen LogP contribution in [0.4, 0.5) is 5.69 Å². The van der Waals surface area contributed by atoms with Crippen molar-refractivity contribution in [2.75, 3.05) is 25.1 Å². The third-order valence-electron chi connectivity index (χ3n) is 6.66. The summed E-state index contributed by atoms with van der Waals surface area (Å²) in [4.78, 5) is 2.66. The first-order chi connectivity index (χ1) is 14.9. The largest absolute Gasteiger partial charge is 0.495 e. The molecular formula is C25H34N2O3S. The number of anilines is 1. The van der Waals surface area contributed by atoms with E-state index in [4.69, 9.17) is 4.74 Å². The van der Waals surface area contributed by atoms with Gasteiger partial charge in [-0.15, -0.1) is 0 Å². The van der Waals surface area contributed by atoms with Crippen LogP contribution in [0.25, 0.3) is 0 Å². The number of benzene rings is 2. The Hall–Kier alpha value is -2.05. The lowest BCUT2D eigenvalue weighted by Crippen LogP contribution is -2.34. The molecule has 1 fully saturated rings. The molecule has 2 aliphatic rings. The van der Waals surface area contributed by atoms with E-state index in [0.717, 1.165) is 49.9 Å². The lowest BCUT2D eigenvalue weighted by molar-refractivity contribution is 0.400. The average Bonchev–Trinajstić information content (AvgIpc) is 2.78. The molecule has 1 heterocycles. The molecule has 0 saturated carbocycles. The zero-order chi connectivity index (χ0) is 22.0. The van der Waals surface area contributed by atoms with Gasteiger partial charge in [0.05, 0.1) is 7.11 Å². The summed E-state index contributed by atoms with van der Waals surface area (Å²) in [7, 11) is -2.17. The van der Waals surface area contributed by atoms with Crippen LogP contribution in [0.15, 0.2) is 41.3 Å². The van der Waals surface area contributed by atoms with Gasteiger partial charge in [-0.05, 0) is 92.3 Å². The molecule has 0 aromatic heterocycles. The van der Waals surface area contributed by atoms with Crippen LogP contribution in [0.3, 0.4) is 0 Å². The summed E-state index contributed by atoms with van der Waals surface area (Å²) in [6, 6.07) is 11.7. The summed E-state index contributed by atoms with van der Waals surface area (Å²) >= 11 is 0. The maximum absolute atomic E-state index is 13.2. The van der Waals surface area contributed by atoms with Crippen molar-refractivity contribution in [3.05, 3.63) is 53.1 Å². The molecule has 1 N–H and O–H groups in total. The molecule has 31 heavy (non-hydrogen) atoms. The fourth-order valence-corrected chi connectivity index (χ4v) is 6.31. The van der Waals surface area contributed by atoms with E-state index >= 15 is 0 Å². The highest BCUT2D eigenvalue weighted by atomic mass is 32.2. The van der Waals surface area contributed by atoms with Crippen molar-refractivity contribution in [3.8, 4) is 5.75 Å². The van der Waals surface area contributed by atoms with E-state index in [1.54, 1.807) is 0 Å². The van der Waals surface area contributed by atoms with Crippen molar-refractivity contribution in [2.24, 2.45) is 5.92 Å². The molecule has 0 spiro atoms. The van der Waals surface area contributed by atoms with E-state index in [1.165, 1.54) is 31.2 Å². The molecule has 0 amide bonds. The number of nitrogens with one attached hydrogen (secondary N) is 1. The highest BCUT2D eigenvalue weighted by Gasteiger charge is 2.25. The number of hydrogen-bond acceptors (Lipinski definition) is 4. The highest BCUT2D eigenvalue weighted by molar-refractivity contribution is 7.89. The van der Waals surface area contributed by atoms with Crippen molar-refractivity contribution >= 4 is 15.7 Å². The first-order valence-electron chi connectivity index (χ1n) is 11.4. The number of piperidine rings is 1. The number of rotatable bonds is 6. The van der Waals surface area contributed by atoms with Crippen molar-refractivity contribution in [1.82, 2.24) is 4.72 Å². The van der Waals surface area contributed by atoms with E-state index in [1.807, 2.05) is 31.2 Å². The molecule has 0 unspecified atom stereocenters. The number of nitrogens with zero attached hydrogens (tertiary/aromatic N) is 1. The molecule has 6 heteroatoms. The minimum Gasteiger partial charge on any atom is -0.495 e. The van der Waals surface area contributed by atoms with Crippen LogP contribution < -0.4 is 14.4 Å². The number of fused-ring (bicyclic) bond motifs is 1. The summed E-state index contributed by atoms with van der Waals surface area (Å²) in [5.41, 5.74) is 4.49. The van der Waals surface area contributed by atoms with Gasteiger partial charge in [0.2, 0.25) is 10.0 Å². The van der Waals surface area contributed by atoms with E-state index in [9.17, 15) is 8.42 Å². The van der Waals surface area contributed by atoms with Gasteiger partial charge in [0.15, 0.2) is 0 Å². The van der Waals surface area contributed by atoms with Gasteiger partial charge < -0.3 is 9.64 Å². The maximum atomic E-state index is 13.2. The normalized spacial score (nSPS) is 20.2. The molecule has 2 aromatic rings. The van der Waals surface area contributed by atoms with Crippen LogP contribution in [-0.2, 0) is 22.9 Å². The van der Waals surface area contributed by atoms with Gasteiger partial charge >= 0.3 is 0 Å². The lowest BCUT2D eigenvalue weighted by atomic mass is 9.92. The molecule has 2 atom stereocenters. The molecule has 1 aliphatic heterocycles. The van der Waals surface area contributed by atoms with Gasteiger partial charge in [0.1, 0.15) is 10.6 Å². The van der Waals surface area contributed by atoms with Crippen LogP contribution in [0, 0.1) is 5.92 Å². The van der Waals surface area contributed by atoms with Gasteiger partial charge in [-0.3, -0.25) is 0 Å². The highest BCUT2D eigenvalue weighted by Crippen LogP contribution is 2.33. The van der Waals surface area contributed by atoms with Gasteiger partial charge in [0, 0.05) is 24.8 Å². The Morgan fingerprint density at radius 3 is 2.39 bits per heavy atom. The number of hydrogen-bond donors (Lipinski definition) is 1. The van der Waals surface area contributed by atoms with Crippen LogP contribution in [0.5, 0.6) is 5.75 Å². The van der Waals surface area contributed by atoms with Crippen molar-refractivity contribution in [1.29, 1.82) is 0 Å². The predicted octanol–water partition coefficient (Wildman–Crippen LogP) is 4.85. The van der Waals surface area contributed by atoms with Crippen LogP contribution in [0.2, 0.25) is 0 Å². The van der Waals surface area contributed by atoms with E-state index in [0.29, 0.717) is 11.7 Å². The van der Waals surface area contributed by atoms with Gasteiger partial charge in [-0.2, -0.15) is 0 Å². The molecular weight excluding hydrogens is 408 g/mol. The van der Waals surface area contributed by atoms with Crippen LogP contribution in [-0.4, -0.2) is 28.6 Å². The van der Waals surface area contributed by atoms with E-state index in [-0.39, 0.29) is 10.9 Å². The Balaban J connectivity index is 1.52. The van der Waals surface area contributed by atoms with Crippen molar-refractivity contribution in [3.63, 3.8) is 0 Å². The molecule has 2 aromatic carbocycles. The Morgan fingerprint density at radius 2 is 1.74 bits per heavy atom. The Labute approximate surface area is 186 Å². The van der Waals surface area contributed by atoms with E-state index in [2.05, 4.69) is 28.7 Å². The Morgan fingerprint density at radius 1 is 1.06 bits per heavy atom. The molecule has 168 valence electrons. The Bertz CT molecular complexity index is 1020. The summed E-state index contributed by atoms with van der Waals surface area (Å²) < 4.78 is 34.8. The van der Waals surface area contributed by atoms with E-state index < -0.39 is 10.0 Å². The molecule has 1 saturated heterocycles. The second kappa shape index (κ2) is 9.21. The fourth-order valence-electron chi connectivity index (χ4n) is 4.87. The SMILES string of the molecule is COc1cc2c(cc1S(=O)(=O)N[C@H](C)c1ccc(N3CCC[C@H](C)C3)cc1)CCCC2. The van der Waals surface area contributed by atoms with Gasteiger partial charge in [-0.1, -0.05) is 19.1 Å². The van der Waals surface area contributed by atoms with Gasteiger partial charge in [-0.25, -0.2) is 13.1 Å². The monoisotopic (exact) mass is 442 g/mol. The quantitative estimate of drug-likeness (QED) is 0.695. The molecule has 0 radical (unpaired) electrons. The third-order valence-corrected chi connectivity index (χ3v) is 8.23. The summed E-state index contributed by atoms with van der Waals surface area (Å²) in [6.45, 7) is 6.36. The summed E-state index contributed by atoms with van der Waals surface area (Å²) in [5, 5.41) is 0. The minimum atomic E-state index is -3.71. The first kappa shape index (κ1) is 22.2. The standard InChI is InChI=1S/C25H34N2O3S/c1-18-7-6-14-27(17-18)23-12-10-20(11-13-23)19(2)26-31(28,29)25-16-22-9-5-4-8-21(22)15-24(25)30-3/h10-13,15-16,18-19,26H,4-9,14,17H2,1-3H3/t18-,19+/m0/s1. The number of methoxy groups -OCH3 is 1. The Kier molecular flexibility index (Phi) is 6.58. The second-order valence-corrected chi connectivity index (χ2v) is 10.8. The number of aryl methyl sites for hydroxylation is 2. The third kappa shape index (κ3) is 4.90. The summed E-state index contributed by atoms with van der Waals surface area (Å²) in [5.74, 6) is 1.14. The minimum absolute atomic E-state index is 0.237. The molecule has 1 aliphatic carbocycles. The molecule has 0 bridgehead atoms. The average molecular weight is 443 g/mol. The zero-order valence-electron chi connectivity index (χ0n) is 18.9. The smallest absolute Gasteiger partial charge is 0.244 e. The van der Waals surface area contributed by atoms with Gasteiger partial charge in [0.25, 0.3) is 0 Å². The van der Waals surface area contributed by atoms with Crippen LogP contribution >= 0.6 is 0 Å². The molecule has 5 nitrogen and oxygen atoms in total. The van der Waals surface area contributed by atoms with Crippen LogP contribution in [0.1, 0.15) is 62.3 Å². The zero-order valence-corrected chi connectivity index (χ0v) is 19.7. The van der Waals surface area contributed by atoms with Crippen molar-refractivity contribution in [2.45, 2.75) is 63.3 Å². The predicted molar refractivity (Wildman–Crippen MR) is 125 cm³/mol. The second-order valence-electron chi connectivity index (χ2n) is 9.11.